The lowest BCUT2D eigenvalue weighted by molar-refractivity contribution is -0.136. The maximum atomic E-state index is 13.1. The quantitative estimate of drug-likeness (QED) is 0.836. The Labute approximate surface area is 172 Å². The van der Waals surface area contributed by atoms with E-state index in [1.165, 1.54) is 25.7 Å². The third-order valence-corrected chi connectivity index (χ3v) is 5.87. The van der Waals surface area contributed by atoms with E-state index in [1.807, 2.05) is 12.3 Å². The minimum absolute atomic E-state index is 0.126. The van der Waals surface area contributed by atoms with Gasteiger partial charge in [-0.1, -0.05) is 18.9 Å². The first-order valence-electron chi connectivity index (χ1n) is 10.8. The van der Waals surface area contributed by atoms with E-state index in [-0.39, 0.29) is 11.9 Å². The Kier molecular flexibility index (Phi) is 6.67. The maximum Gasteiger partial charge on any atom is 0.237 e. The molecule has 2 aliphatic rings. The van der Waals surface area contributed by atoms with Gasteiger partial charge in [-0.25, -0.2) is 9.97 Å². The van der Waals surface area contributed by atoms with E-state index < -0.39 is 0 Å². The fourth-order valence-corrected chi connectivity index (χ4v) is 4.32. The second kappa shape index (κ2) is 9.78. The summed E-state index contributed by atoms with van der Waals surface area (Å²) in [6.07, 6.45) is 15.1. The lowest BCUT2D eigenvalue weighted by Crippen LogP contribution is -2.44. The van der Waals surface area contributed by atoms with Gasteiger partial charge in [-0.15, -0.1) is 0 Å². The summed E-state index contributed by atoms with van der Waals surface area (Å²) in [7, 11) is 0. The summed E-state index contributed by atoms with van der Waals surface area (Å²) in [5.74, 6) is 1.66. The Morgan fingerprint density at radius 2 is 1.76 bits per heavy atom. The van der Waals surface area contributed by atoms with Crippen LogP contribution in [0.15, 0.2) is 36.9 Å². The highest BCUT2D eigenvalue weighted by Gasteiger charge is 2.29. The van der Waals surface area contributed by atoms with Gasteiger partial charge in [0.05, 0.1) is 18.8 Å². The maximum absolute atomic E-state index is 13.1. The fourth-order valence-electron chi connectivity index (χ4n) is 4.32. The molecule has 2 aromatic heterocycles. The molecule has 1 N–H and O–H groups in total. The van der Waals surface area contributed by atoms with Gasteiger partial charge in [0.25, 0.3) is 0 Å². The van der Waals surface area contributed by atoms with Crippen LogP contribution in [0.2, 0.25) is 0 Å². The number of nitrogens with zero attached hydrogens (tertiary/aromatic N) is 5. The zero-order valence-electron chi connectivity index (χ0n) is 17.0. The van der Waals surface area contributed by atoms with Crippen molar-refractivity contribution in [3.05, 3.63) is 42.5 Å². The number of rotatable bonds is 5. The molecular formula is C22H30N6O. The second-order valence-electron chi connectivity index (χ2n) is 7.98. The molecule has 2 aromatic rings. The van der Waals surface area contributed by atoms with E-state index in [2.05, 4.69) is 36.1 Å². The van der Waals surface area contributed by atoms with Crippen LogP contribution in [0.25, 0.3) is 0 Å². The number of carbonyl (C=O) groups is 1. The highest BCUT2D eigenvalue weighted by atomic mass is 16.2. The molecule has 0 aromatic carbocycles. The van der Waals surface area contributed by atoms with Crippen LogP contribution in [0.4, 0.5) is 11.6 Å². The second-order valence-corrected chi connectivity index (χ2v) is 7.98. The molecule has 0 radical (unpaired) electrons. The van der Waals surface area contributed by atoms with Crippen LogP contribution in [0.5, 0.6) is 0 Å². The molecule has 2 aliphatic heterocycles. The van der Waals surface area contributed by atoms with Gasteiger partial charge in [0.2, 0.25) is 5.91 Å². The third kappa shape index (κ3) is 5.29. The fraction of sp³-hybridized carbons (Fsp3) is 0.545. The van der Waals surface area contributed by atoms with Crippen molar-refractivity contribution in [2.45, 2.75) is 51.0 Å². The van der Waals surface area contributed by atoms with E-state index in [0.29, 0.717) is 12.4 Å². The molecule has 7 nitrogen and oxygen atoms in total. The molecule has 4 rings (SSSR count). The number of likely N-dealkylation sites (tertiary alicyclic amines) is 2. The number of pyridine rings is 1. The number of carbonyl (C=O) groups excluding carboxylic acids is 1. The van der Waals surface area contributed by atoms with Crippen LogP contribution >= 0.6 is 0 Å². The van der Waals surface area contributed by atoms with Gasteiger partial charge < -0.3 is 10.2 Å². The number of hydrogen-bond donors (Lipinski definition) is 1. The Morgan fingerprint density at radius 1 is 0.931 bits per heavy atom. The van der Waals surface area contributed by atoms with Gasteiger partial charge >= 0.3 is 0 Å². The number of piperidine rings is 1. The molecule has 0 aliphatic carbocycles. The highest BCUT2D eigenvalue weighted by molar-refractivity contribution is 5.79. The topological polar surface area (TPSA) is 74.2 Å². The molecule has 0 saturated carbocycles. The molecule has 0 bridgehead atoms. The first-order chi connectivity index (χ1) is 14.3. The minimum atomic E-state index is 0.126. The zero-order chi connectivity index (χ0) is 19.9. The van der Waals surface area contributed by atoms with Crippen LogP contribution in [-0.2, 0) is 4.79 Å². The first-order valence-corrected chi connectivity index (χ1v) is 10.8. The molecule has 154 valence electrons. The van der Waals surface area contributed by atoms with Gasteiger partial charge in [-0.3, -0.25) is 14.7 Å². The standard InChI is InChI=1S/C22H30N6O/c29-22(17-27-12-4-1-2-5-13-27)28-14-6-3-7-19(28)18-8-9-20(25-15-18)26-21-16-23-10-11-24-21/h8-11,15-16,19H,1-7,12-14,17H2,(H,24,25,26). The average Bonchev–Trinajstić information content (AvgIpc) is 3.04. The van der Waals surface area contributed by atoms with E-state index in [0.717, 1.165) is 50.3 Å². The SMILES string of the molecule is O=C(CN1CCCCCC1)N1CCCCC1c1ccc(Nc2cnccn2)nc1. The van der Waals surface area contributed by atoms with Crippen molar-refractivity contribution in [2.75, 3.05) is 31.5 Å². The van der Waals surface area contributed by atoms with Crippen molar-refractivity contribution in [3.63, 3.8) is 0 Å². The minimum Gasteiger partial charge on any atom is -0.334 e. The summed E-state index contributed by atoms with van der Waals surface area (Å²) in [6.45, 7) is 3.50. The average molecular weight is 395 g/mol. The van der Waals surface area contributed by atoms with Crippen molar-refractivity contribution in [2.24, 2.45) is 0 Å². The van der Waals surface area contributed by atoms with Crippen molar-refractivity contribution in [1.82, 2.24) is 24.8 Å². The largest absolute Gasteiger partial charge is 0.334 e. The normalized spacial score (nSPS) is 20.8. The molecular weight excluding hydrogens is 364 g/mol. The van der Waals surface area contributed by atoms with Crippen molar-refractivity contribution < 1.29 is 4.79 Å². The summed E-state index contributed by atoms with van der Waals surface area (Å²) in [5, 5.41) is 3.16. The molecule has 1 unspecified atom stereocenters. The van der Waals surface area contributed by atoms with Crippen LogP contribution in [0, 0.1) is 0 Å². The van der Waals surface area contributed by atoms with Gasteiger partial charge in [-0.05, 0) is 56.8 Å². The highest BCUT2D eigenvalue weighted by Crippen LogP contribution is 2.31. The molecule has 29 heavy (non-hydrogen) atoms. The van der Waals surface area contributed by atoms with E-state index in [1.54, 1.807) is 18.6 Å². The van der Waals surface area contributed by atoms with Crippen molar-refractivity contribution in [1.29, 1.82) is 0 Å². The number of amides is 1. The lowest BCUT2D eigenvalue weighted by atomic mass is 9.96. The molecule has 2 fully saturated rings. The van der Waals surface area contributed by atoms with E-state index in [4.69, 9.17) is 0 Å². The number of aromatic nitrogens is 3. The van der Waals surface area contributed by atoms with E-state index in [9.17, 15) is 4.79 Å². The first kappa shape index (κ1) is 19.8. The van der Waals surface area contributed by atoms with Crippen molar-refractivity contribution in [3.8, 4) is 0 Å². The Balaban J connectivity index is 1.41. The Hall–Kier alpha value is -2.54. The molecule has 0 spiro atoms. The smallest absolute Gasteiger partial charge is 0.237 e. The van der Waals surface area contributed by atoms with Crippen LogP contribution in [0.1, 0.15) is 56.6 Å². The Bertz CT molecular complexity index is 774. The molecule has 2 saturated heterocycles. The predicted molar refractivity (Wildman–Crippen MR) is 113 cm³/mol. The monoisotopic (exact) mass is 394 g/mol. The van der Waals surface area contributed by atoms with Gasteiger partial charge in [0.15, 0.2) is 0 Å². The number of nitrogens with one attached hydrogen (secondary N) is 1. The van der Waals surface area contributed by atoms with Crippen molar-refractivity contribution >= 4 is 17.5 Å². The molecule has 4 heterocycles. The van der Waals surface area contributed by atoms with Gasteiger partial charge in [0.1, 0.15) is 11.6 Å². The number of hydrogen-bond acceptors (Lipinski definition) is 6. The summed E-state index contributed by atoms with van der Waals surface area (Å²) >= 11 is 0. The third-order valence-electron chi connectivity index (χ3n) is 5.87. The lowest BCUT2D eigenvalue weighted by Gasteiger charge is -2.37. The van der Waals surface area contributed by atoms with Crippen LogP contribution in [-0.4, -0.2) is 56.8 Å². The summed E-state index contributed by atoms with van der Waals surface area (Å²) < 4.78 is 0. The summed E-state index contributed by atoms with van der Waals surface area (Å²) in [6, 6.07) is 4.16. The predicted octanol–water partition coefficient (Wildman–Crippen LogP) is 3.54. The van der Waals surface area contributed by atoms with Gasteiger partial charge in [-0.2, -0.15) is 0 Å². The number of anilines is 2. The summed E-state index contributed by atoms with van der Waals surface area (Å²) in [4.78, 5) is 30.3. The summed E-state index contributed by atoms with van der Waals surface area (Å²) in [5.41, 5.74) is 1.11. The Morgan fingerprint density at radius 3 is 2.48 bits per heavy atom. The molecule has 1 atom stereocenters. The zero-order valence-corrected chi connectivity index (χ0v) is 17.0. The van der Waals surface area contributed by atoms with Gasteiger partial charge in [0, 0.05) is 25.1 Å². The molecule has 1 amide bonds. The van der Waals surface area contributed by atoms with E-state index >= 15 is 0 Å². The van der Waals surface area contributed by atoms with Crippen LogP contribution < -0.4 is 5.32 Å². The molecule has 7 heteroatoms. The van der Waals surface area contributed by atoms with Crippen LogP contribution in [0.3, 0.4) is 0 Å².